The number of pyridine rings is 1. The maximum Gasteiger partial charge on any atom is 0.329 e. The Morgan fingerprint density at radius 3 is 2.45 bits per heavy atom. The second-order valence-corrected chi connectivity index (χ2v) is 8.57. The van der Waals surface area contributed by atoms with Gasteiger partial charge in [0.2, 0.25) is 0 Å². The van der Waals surface area contributed by atoms with Crippen LogP contribution in [0, 0.1) is 11.3 Å². The maximum absolute atomic E-state index is 13.1. The second kappa shape index (κ2) is 9.99. The summed E-state index contributed by atoms with van der Waals surface area (Å²) in [4.78, 5) is 26.0. The lowest BCUT2D eigenvalue weighted by Gasteiger charge is -2.27. The van der Waals surface area contributed by atoms with Crippen molar-refractivity contribution in [3.63, 3.8) is 0 Å². The number of ether oxygens (including phenoxy) is 3. The number of carbonyl (C=O) groups is 1. The molecule has 0 amide bonds. The highest BCUT2D eigenvalue weighted by molar-refractivity contribution is 6.31. The van der Waals surface area contributed by atoms with E-state index in [-0.39, 0.29) is 12.5 Å². The lowest BCUT2D eigenvalue weighted by Crippen LogP contribution is -2.36. The molecular formula is C23H27ClN2O5. The molecule has 8 heteroatoms. The number of methoxy groups -OCH3 is 2. The number of halogens is 1. The minimum absolute atomic E-state index is 0.231. The molecule has 2 atom stereocenters. The number of nitriles is 1. The molecule has 0 fully saturated rings. The summed E-state index contributed by atoms with van der Waals surface area (Å²) >= 11 is 6.11. The van der Waals surface area contributed by atoms with Crippen LogP contribution in [0.3, 0.4) is 0 Å². The molecule has 0 saturated carbocycles. The van der Waals surface area contributed by atoms with Gasteiger partial charge in [-0.3, -0.25) is 9.36 Å². The molecule has 31 heavy (non-hydrogen) atoms. The highest BCUT2D eigenvalue weighted by Crippen LogP contribution is 2.34. The standard InChI is InChI=1S/C23H27ClN2O5/c1-14(29-5)9-19(22(28)31-23(2,3)4)26-13-20(30-6)18(11-21(26)27)17-10-16(24)8-7-15(17)12-25/h7-8,10-11,13-14,19H,9H2,1-6H3/t14?,19-/m0/s1. The predicted molar refractivity (Wildman–Crippen MR) is 118 cm³/mol. The van der Waals surface area contributed by atoms with E-state index in [9.17, 15) is 14.9 Å². The van der Waals surface area contributed by atoms with E-state index in [0.29, 0.717) is 27.5 Å². The van der Waals surface area contributed by atoms with Crippen molar-refractivity contribution >= 4 is 17.6 Å². The van der Waals surface area contributed by atoms with Crippen molar-refractivity contribution < 1.29 is 19.0 Å². The molecule has 2 rings (SSSR count). The Balaban J connectivity index is 2.65. The van der Waals surface area contributed by atoms with Crippen molar-refractivity contribution in [3.8, 4) is 22.9 Å². The fourth-order valence-electron chi connectivity index (χ4n) is 3.09. The number of rotatable bonds is 7. The molecule has 7 nitrogen and oxygen atoms in total. The predicted octanol–water partition coefficient (Wildman–Crippen LogP) is 4.36. The largest absolute Gasteiger partial charge is 0.495 e. The van der Waals surface area contributed by atoms with Gasteiger partial charge in [0.1, 0.15) is 17.4 Å². The normalized spacial score (nSPS) is 13.2. The smallest absolute Gasteiger partial charge is 0.329 e. The Morgan fingerprint density at radius 1 is 1.23 bits per heavy atom. The molecule has 1 aromatic carbocycles. The number of carbonyl (C=O) groups excluding carboxylic acids is 1. The Bertz CT molecular complexity index is 1050. The highest BCUT2D eigenvalue weighted by atomic mass is 35.5. The maximum atomic E-state index is 13.1. The van der Waals surface area contributed by atoms with Crippen molar-refractivity contribution in [3.05, 3.63) is 51.4 Å². The number of nitrogens with zero attached hydrogens (tertiary/aromatic N) is 2. The molecule has 0 radical (unpaired) electrons. The summed E-state index contributed by atoms with van der Waals surface area (Å²) in [5.74, 6) is -0.231. The van der Waals surface area contributed by atoms with Crippen LogP contribution >= 0.6 is 11.6 Å². The summed E-state index contributed by atoms with van der Waals surface area (Å²) < 4.78 is 17.6. The van der Waals surface area contributed by atoms with Crippen LogP contribution in [-0.2, 0) is 14.3 Å². The van der Waals surface area contributed by atoms with Gasteiger partial charge >= 0.3 is 5.97 Å². The zero-order chi connectivity index (χ0) is 23.3. The van der Waals surface area contributed by atoms with Crippen LogP contribution in [-0.4, -0.2) is 36.5 Å². The van der Waals surface area contributed by atoms with Crippen LogP contribution in [0.5, 0.6) is 5.75 Å². The van der Waals surface area contributed by atoms with Gasteiger partial charge in [0.15, 0.2) is 0 Å². The molecule has 1 aromatic heterocycles. The lowest BCUT2D eigenvalue weighted by molar-refractivity contribution is -0.160. The third-order valence-electron chi connectivity index (χ3n) is 4.63. The number of hydrogen-bond acceptors (Lipinski definition) is 6. The molecule has 0 aliphatic heterocycles. The van der Waals surface area contributed by atoms with E-state index >= 15 is 0 Å². The minimum atomic E-state index is -0.917. The average molecular weight is 447 g/mol. The first-order chi connectivity index (χ1) is 14.5. The van der Waals surface area contributed by atoms with Gasteiger partial charge < -0.3 is 14.2 Å². The summed E-state index contributed by atoms with van der Waals surface area (Å²) in [6.07, 6.45) is 1.39. The van der Waals surface area contributed by atoms with Gasteiger partial charge in [-0.15, -0.1) is 0 Å². The summed E-state index contributed by atoms with van der Waals surface area (Å²) in [6, 6.07) is 7.28. The summed E-state index contributed by atoms with van der Waals surface area (Å²) in [5.41, 5.74) is 0.0537. The minimum Gasteiger partial charge on any atom is -0.495 e. The summed E-state index contributed by atoms with van der Waals surface area (Å²) in [6.45, 7) is 7.09. The molecule has 1 heterocycles. The summed E-state index contributed by atoms with van der Waals surface area (Å²) in [7, 11) is 2.98. The van der Waals surface area contributed by atoms with Gasteiger partial charge in [-0.2, -0.15) is 5.26 Å². The highest BCUT2D eigenvalue weighted by Gasteiger charge is 2.30. The van der Waals surface area contributed by atoms with Crippen LogP contribution in [0.25, 0.3) is 11.1 Å². The van der Waals surface area contributed by atoms with E-state index in [1.807, 2.05) is 0 Å². The van der Waals surface area contributed by atoms with Crippen LogP contribution in [0.15, 0.2) is 35.3 Å². The Morgan fingerprint density at radius 2 is 1.90 bits per heavy atom. The van der Waals surface area contributed by atoms with Crippen molar-refractivity contribution in [2.24, 2.45) is 0 Å². The zero-order valence-electron chi connectivity index (χ0n) is 18.6. The number of benzene rings is 1. The fraction of sp³-hybridized carbons (Fsp3) is 0.435. The molecule has 0 N–H and O–H groups in total. The fourth-order valence-corrected chi connectivity index (χ4v) is 3.26. The van der Waals surface area contributed by atoms with Gasteiger partial charge in [0, 0.05) is 35.7 Å². The van der Waals surface area contributed by atoms with Crippen molar-refractivity contribution in [2.45, 2.75) is 51.9 Å². The van der Waals surface area contributed by atoms with Gasteiger partial charge in [-0.05, 0) is 45.9 Å². The van der Waals surface area contributed by atoms with Crippen LogP contribution in [0.4, 0.5) is 0 Å². The van der Waals surface area contributed by atoms with E-state index in [0.717, 1.165) is 0 Å². The van der Waals surface area contributed by atoms with Gasteiger partial charge in [-0.1, -0.05) is 11.6 Å². The molecule has 0 aliphatic carbocycles. The van der Waals surface area contributed by atoms with E-state index in [1.165, 1.54) is 31.0 Å². The van der Waals surface area contributed by atoms with Gasteiger partial charge in [0.25, 0.3) is 5.56 Å². The molecule has 0 bridgehead atoms. The van der Waals surface area contributed by atoms with Crippen LogP contribution in [0.1, 0.15) is 45.7 Å². The molecule has 0 spiro atoms. The number of hydrogen-bond donors (Lipinski definition) is 0. The number of esters is 1. The van der Waals surface area contributed by atoms with Crippen molar-refractivity contribution in [2.75, 3.05) is 14.2 Å². The molecule has 1 unspecified atom stereocenters. The second-order valence-electron chi connectivity index (χ2n) is 8.13. The van der Waals surface area contributed by atoms with Crippen molar-refractivity contribution in [1.82, 2.24) is 4.57 Å². The lowest BCUT2D eigenvalue weighted by atomic mass is 10.00. The topological polar surface area (TPSA) is 90.5 Å². The monoisotopic (exact) mass is 446 g/mol. The van der Waals surface area contributed by atoms with E-state index in [4.69, 9.17) is 25.8 Å². The summed E-state index contributed by atoms with van der Waals surface area (Å²) in [5, 5.41) is 9.88. The first kappa shape index (κ1) is 24.4. The van der Waals surface area contributed by atoms with Crippen LogP contribution in [0.2, 0.25) is 5.02 Å². The molecule has 2 aromatic rings. The third-order valence-corrected chi connectivity index (χ3v) is 4.86. The molecular weight excluding hydrogens is 420 g/mol. The average Bonchev–Trinajstić information content (AvgIpc) is 2.70. The molecule has 0 aliphatic rings. The van der Waals surface area contributed by atoms with Gasteiger partial charge in [-0.25, -0.2) is 4.79 Å². The van der Waals surface area contributed by atoms with E-state index in [2.05, 4.69) is 6.07 Å². The zero-order valence-corrected chi connectivity index (χ0v) is 19.3. The Hall–Kier alpha value is -2.82. The van der Waals surface area contributed by atoms with Gasteiger partial charge in [0.05, 0.1) is 31.0 Å². The molecule has 166 valence electrons. The Kier molecular flexibility index (Phi) is 7.88. The SMILES string of the molecule is COc1cn([C@@H](CC(C)OC)C(=O)OC(C)(C)C)c(=O)cc1-c1cc(Cl)ccc1C#N. The van der Waals surface area contributed by atoms with E-state index < -0.39 is 23.2 Å². The third kappa shape index (κ3) is 6.09. The van der Waals surface area contributed by atoms with E-state index in [1.54, 1.807) is 45.9 Å². The van der Waals surface area contributed by atoms with Crippen molar-refractivity contribution in [1.29, 1.82) is 5.26 Å². The molecule has 0 saturated heterocycles. The first-order valence-electron chi connectivity index (χ1n) is 9.76. The quantitative estimate of drug-likeness (QED) is 0.587. The number of aromatic nitrogens is 1. The van der Waals surface area contributed by atoms with Crippen LogP contribution < -0.4 is 10.3 Å². The Labute approximate surface area is 187 Å². The first-order valence-corrected chi connectivity index (χ1v) is 10.1.